The van der Waals surface area contributed by atoms with Gasteiger partial charge in [0.05, 0.1) is 17.9 Å². The normalized spacial score (nSPS) is 16.6. The molecule has 1 fully saturated rings. The Labute approximate surface area is 191 Å². The number of benzene rings is 2. The van der Waals surface area contributed by atoms with Gasteiger partial charge in [-0.1, -0.05) is 38.1 Å². The summed E-state index contributed by atoms with van der Waals surface area (Å²) in [7, 11) is 0. The lowest BCUT2D eigenvalue weighted by atomic mass is 9.83. The molecule has 0 bridgehead atoms. The summed E-state index contributed by atoms with van der Waals surface area (Å²) >= 11 is 0. The fourth-order valence-electron chi connectivity index (χ4n) is 4.05. The Morgan fingerprint density at radius 2 is 1.70 bits per heavy atom. The van der Waals surface area contributed by atoms with Gasteiger partial charge in [-0.05, 0) is 72.4 Å². The van der Waals surface area contributed by atoms with Crippen LogP contribution < -0.4 is 0 Å². The maximum atomic E-state index is 13.1. The maximum absolute atomic E-state index is 13.1. The summed E-state index contributed by atoms with van der Waals surface area (Å²) in [5, 5.41) is 0. The molecule has 2 heterocycles. The summed E-state index contributed by atoms with van der Waals surface area (Å²) in [4.78, 5) is 17.7. The Balaban J connectivity index is 1.83. The Morgan fingerprint density at radius 1 is 1.03 bits per heavy atom. The van der Waals surface area contributed by atoms with Gasteiger partial charge < -0.3 is 4.74 Å². The molecule has 3 aromatic rings. The van der Waals surface area contributed by atoms with Crippen LogP contribution in [0.25, 0.3) is 22.4 Å². The van der Waals surface area contributed by atoms with Crippen LogP contribution in [0.3, 0.4) is 0 Å². The van der Waals surface area contributed by atoms with Gasteiger partial charge in [0.2, 0.25) is 0 Å². The van der Waals surface area contributed by atoms with Crippen LogP contribution in [0, 0.1) is 12.8 Å². The topological polar surface area (TPSA) is 42.5 Å². The van der Waals surface area contributed by atoms with Gasteiger partial charge >= 0.3 is 6.18 Å². The number of Topliss-reactive ketones (excluding diaryl/α,β-unsaturated/α-hetero) is 1. The number of ether oxygens (including phenoxy) is 1. The van der Waals surface area contributed by atoms with Crippen LogP contribution >= 0.6 is 0 Å². The number of alkyl halides is 3. The Morgan fingerprint density at radius 3 is 2.27 bits per heavy atom. The molecule has 172 valence electrons. The van der Waals surface area contributed by atoms with E-state index in [0.29, 0.717) is 18.6 Å². The van der Waals surface area contributed by atoms with E-state index in [1.807, 2.05) is 43.3 Å². The highest BCUT2D eigenvalue weighted by Crippen LogP contribution is 2.37. The Hall–Kier alpha value is -2.99. The van der Waals surface area contributed by atoms with E-state index < -0.39 is 11.7 Å². The molecule has 1 aliphatic heterocycles. The molecule has 4 rings (SSSR count). The van der Waals surface area contributed by atoms with Gasteiger partial charge in [0.1, 0.15) is 6.10 Å². The first-order valence-electron chi connectivity index (χ1n) is 11.0. The molecule has 2 aromatic carbocycles. The minimum atomic E-state index is -4.39. The lowest BCUT2D eigenvalue weighted by Crippen LogP contribution is -2.20. The molecule has 0 aliphatic carbocycles. The zero-order valence-corrected chi connectivity index (χ0v) is 18.8. The van der Waals surface area contributed by atoms with Crippen molar-refractivity contribution < 1.29 is 22.7 Å². The van der Waals surface area contributed by atoms with Crippen LogP contribution in [-0.2, 0) is 15.7 Å². The predicted octanol–water partition coefficient (Wildman–Crippen LogP) is 6.84. The third kappa shape index (κ3) is 5.50. The molecule has 6 heteroatoms. The van der Waals surface area contributed by atoms with Crippen molar-refractivity contribution in [1.82, 2.24) is 4.98 Å². The molecule has 0 N–H and O–H groups in total. The number of hydrogen-bond acceptors (Lipinski definition) is 3. The van der Waals surface area contributed by atoms with Crippen molar-refractivity contribution in [3.05, 3.63) is 77.5 Å². The number of rotatable bonds is 7. The van der Waals surface area contributed by atoms with Gasteiger partial charge in [-0.2, -0.15) is 13.2 Å². The van der Waals surface area contributed by atoms with Crippen LogP contribution in [0.4, 0.5) is 13.2 Å². The minimum Gasteiger partial charge on any atom is -0.365 e. The number of aryl methyl sites for hydroxylation is 1. The van der Waals surface area contributed by atoms with Gasteiger partial charge in [0, 0.05) is 17.2 Å². The smallest absolute Gasteiger partial charge is 0.365 e. The molecule has 0 saturated carbocycles. The van der Waals surface area contributed by atoms with Gasteiger partial charge in [-0.25, -0.2) is 0 Å². The highest BCUT2D eigenvalue weighted by Gasteiger charge is 2.37. The zero-order chi connectivity index (χ0) is 23.8. The molecular formula is C27H26F3NO2. The standard InChI is InChI=1S/C27H26F3NO2/c1-16(2)11-23(26(32)25-15-33-25)20-12-19(18-7-9-22(10-8-18)27(28,29)30)13-21(14-20)24-6-4-5-17(3)31-24/h4-10,12-14,16,23,25H,11,15H2,1-3H3. The van der Waals surface area contributed by atoms with Crippen molar-refractivity contribution in [1.29, 1.82) is 0 Å². The zero-order valence-electron chi connectivity index (χ0n) is 18.8. The molecule has 2 unspecified atom stereocenters. The van der Waals surface area contributed by atoms with E-state index >= 15 is 0 Å². The Kier molecular flexibility index (Phi) is 6.39. The largest absolute Gasteiger partial charge is 0.416 e. The van der Waals surface area contributed by atoms with E-state index in [2.05, 4.69) is 18.8 Å². The van der Waals surface area contributed by atoms with Crippen LogP contribution in [0.5, 0.6) is 0 Å². The number of halogens is 3. The van der Waals surface area contributed by atoms with E-state index in [1.165, 1.54) is 12.1 Å². The number of nitrogens with zero attached hydrogens (tertiary/aromatic N) is 1. The second-order valence-corrected chi connectivity index (χ2v) is 8.99. The molecule has 0 amide bonds. The summed E-state index contributed by atoms with van der Waals surface area (Å²) in [6, 6.07) is 16.6. The second kappa shape index (κ2) is 9.10. The van der Waals surface area contributed by atoms with Crippen LogP contribution in [0.2, 0.25) is 0 Å². The van der Waals surface area contributed by atoms with E-state index in [-0.39, 0.29) is 23.7 Å². The SMILES string of the molecule is Cc1cccc(-c2cc(-c3ccc(C(F)(F)F)cc3)cc(C(CC(C)C)C(=O)C3CO3)c2)n1. The third-order valence-corrected chi connectivity index (χ3v) is 5.79. The highest BCUT2D eigenvalue weighted by atomic mass is 19.4. The number of aromatic nitrogens is 1. The van der Waals surface area contributed by atoms with Crippen LogP contribution in [0.15, 0.2) is 60.7 Å². The van der Waals surface area contributed by atoms with Gasteiger partial charge in [-0.15, -0.1) is 0 Å². The Bertz CT molecular complexity index is 1150. The lowest BCUT2D eigenvalue weighted by Gasteiger charge is -2.20. The van der Waals surface area contributed by atoms with Gasteiger partial charge in [0.25, 0.3) is 0 Å². The van der Waals surface area contributed by atoms with Gasteiger partial charge in [0.15, 0.2) is 5.78 Å². The fraction of sp³-hybridized carbons (Fsp3) is 0.333. The van der Waals surface area contributed by atoms with Crippen molar-refractivity contribution >= 4 is 5.78 Å². The maximum Gasteiger partial charge on any atom is 0.416 e. The summed E-state index contributed by atoms with van der Waals surface area (Å²) in [6.45, 7) is 6.48. The van der Waals surface area contributed by atoms with E-state index in [0.717, 1.165) is 40.2 Å². The summed E-state index contributed by atoms with van der Waals surface area (Å²) < 4.78 is 44.4. The van der Waals surface area contributed by atoms with Crippen molar-refractivity contribution in [3.63, 3.8) is 0 Å². The fourth-order valence-corrected chi connectivity index (χ4v) is 4.05. The molecule has 0 radical (unpaired) electrons. The minimum absolute atomic E-state index is 0.0522. The molecule has 33 heavy (non-hydrogen) atoms. The summed E-state index contributed by atoms with van der Waals surface area (Å²) in [5.41, 5.74) is 3.97. The average molecular weight is 454 g/mol. The van der Waals surface area contributed by atoms with E-state index in [4.69, 9.17) is 4.74 Å². The third-order valence-electron chi connectivity index (χ3n) is 5.79. The van der Waals surface area contributed by atoms with E-state index in [1.54, 1.807) is 0 Å². The number of ketones is 1. The van der Waals surface area contributed by atoms with Gasteiger partial charge in [-0.3, -0.25) is 9.78 Å². The molecule has 1 saturated heterocycles. The number of epoxide rings is 1. The molecule has 0 spiro atoms. The number of carbonyl (C=O) groups excluding carboxylic acids is 1. The average Bonchev–Trinajstić information content (AvgIpc) is 3.62. The van der Waals surface area contributed by atoms with Crippen molar-refractivity contribution in [3.8, 4) is 22.4 Å². The van der Waals surface area contributed by atoms with Crippen molar-refractivity contribution in [2.24, 2.45) is 5.92 Å². The molecule has 1 aromatic heterocycles. The summed E-state index contributed by atoms with van der Waals surface area (Å²) in [6.07, 6.45) is -4.10. The van der Waals surface area contributed by atoms with Crippen LogP contribution in [0.1, 0.15) is 43.0 Å². The second-order valence-electron chi connectivity index (χ2n) is 8.99. The quantitative estimate of drug-likeness (QED) is 0.368. The number of carbonyl (C=O) groups is 1. The monoisotopic (exact) mass is 453 g/mol. The lowest BCUT2D eigenvalue weighted by molar-refractivity contribution is -0.137. The molecule has 1 aliphatic rings. The van der Waals surface area contributed by atoms with Crippen molar-refractivity contribution in [2.45, 2.75) is 45.4 Å². The molecule has 3 nitrogen and oxygen atoms in total. The van der Waals surface area contributed by atoms with Crippen LogP contribution in [-0.4, -0.2) is 23.5 Å². The first-order chi connectivity index (χ1) is 15.6. The predicted molar refractivity (Wildman–Crippen MR) is 122 cm³/mol. The number of pyridine rings is 1. The highest BCUT2D eigenvalue weighted by molar-refractivity contribution is 5.92. The molecular weight excluding hydrogens is 427 g/mol. The first-order valence-corrected chi connectivity index (χ1v) is 11.0. The number of hydrogen-bond donors (Lipinski definition) is 0. The molecule has 2 atom stereocenters. The first kappa shape index (κ1) is 23.2. The van der Waals surface area contributed by atoms with Crippen molar-refractivity contribution in [2.75, 3.05) is 6.61 Å². The summed E-state index contributed by atoms with van der Waals surface area (Å²) in [5.74, 6) is -0.0140. The van der Waals surface area contributed by atoms with E-state index in [9.17, 15) is 18.0 Å².